The number of aliphatic hydroxyl groups is 1. The molecule has 1 aliphatic heterocycles. The maximum atomic E-state index is 13.0. The average Bonchev–Trinajstić information content (AvgIpc) is 2.74. The third-order valence-corrected chi connectivity index (χ3v) is 7.43. The quantitative estimate of drug-likeness (QED) is 0.690. The van der Waals surface area contributed by atoms with E-state index in [1.54, 1.807) is 0 Å². The zero-order valence-electron chi connectivity index (χ0n) is 16.2. The van der Waals surface area contributed by atoms with E-state index in [0.717, 1.165) is 5.69 Å². The van der Waals surface area contributed by atoms with Crippen molar-refractivity contribution in [2.24, 2.45) is 5.73 Å². The highest BCUT2D eigenvalue weighted by molar-refractivity contribution is 7.92. The van der Waals surface area contributed by atoms with Gasteiger partial charge in [0.1, 0.15) is 11.9 Å². The Kier molecular flexibility index (Phi) is 6.94. The topological polar surface area (TPSA) is 92.9 Å². The summed E-state index contributed by atoms with van der Waals surface area (Å²) in [5, 5.41) is 9.72. The van der Waals surface area contributed by atoms with Crippen molar-refractivity contribution in [1.82, 2.24) is 0 Å². The molecule has 0 radical (unpaired) electrons. The van der Waals surface area contributed by atoms with Gasteiger partial charge < -0.3 is 20.5 Å². The molecule has 0 bridgehead atoms. The van der Waals surface area contributed by atoms with Crippen LogP contribution in [0.1, 0.15) is 24.5 Å². The van der Waals surface area contributed by atoms with Gasteiger partial charge in [0, 0.05) is 24.3 Å². The fraction of sp³-hybridized carbons (Fsp3) is 0.333. The van der Waals surface area contributed by atoms with Gasteiger partial charge in [-0.1, -0.05) is 18.2 Å². The fourth-order valence-corrected chi connectivity index (χ4v) is 5.38. The van der Waals surface area contributed by atoms with Gasteiger partial charge in [-0.05, 0) is 55.4 Å². The molecule has 3 N–H and O–H groups in total. The van der Waals surface area contributed by atoms with Crippen molar-refractivity contribution in [1.29, 1.82) is 0 Å². The SMILES string of the molecule is N/C=C/C(O)c1ccccc1N1CCC(S(=O)(=O)c2ccc(OC(F)F)cc2)CC1. The van der Waals surface area contributed by atoms with Gasteiger partial charge >= 0.3 is 6.61 Å². The molecule has 1 heterocycles. The van der Waals surface area contributed by atoms with Gasteiger partial charge in [-0.3, -0.25) is 0 Å². The summed E-state index contributed by atoms with van der Waals surface area (Å²) in [4.78, 5) is 2.14. The van der Waals surface area contributed by atoms with Crippen LogP contribution >= 0.6 is 0 Å². The molecular formula is C21H24F2N2O4S. The molecule has 6 nitrogen and oxygen atoms in total. The molecule has 30 heavy (non-hydrogen) atoms. The van der Waals surface area contributed by atoms with E-state index in [0.29, 0.717) is 31.5 Å². The molecule has 0 aliphatic carbocycles. The summed E-state index contributed by atoms with van der Waals surface area (Å²) in [5.41, 5.74) is 6.93. The Bertz CT molecular complexity index is 973. The molecule has 1 unspecified atom stereocenters. The summed E-state index contributed by atoms with van der Waals surface area (Å²) in [5.74, 6) is -0.0829. The van der Waals surface area contributed by atoms with E-state index in [9.17, 15) is 22.3 Å². The molecule has 1 fully saturated rings. The van der Waals surface area contributed by atoms with Gasteiger partial charge in [0.05, 0.1) is 10.1 Å². The molecule has 1 saturated heterocycles. The number of alkyl halides is 2. The lowest BCUT2D eigenvalue weighted by Gasteiger charge is -2.35. The Labute approximate surface area is 174 Å². The predicted molar refractivity (Wildman–Crippen MR) is 110 cm³/mol. The van der Waals surface area contributed by atoms with Crippen molar-refractivity contribution in [2.45, 2.75) is 35.7 Å². The summed E-state index contributed by atoms with van der Waals surface area (Å²) in [6.07, 6.45) is 2.75. The van der Waals surface area contributed by atoms with Crippen LogP contribution in [0, 0.1) is 0 Å². The predicted octanol–water partition coefficient (Wildman–Crippen LogP) is 3.24. The molecule has 0 aromatic heterocycles. The summed E-state index contributed by atoms with van der Waals surface area (Å²) < 4.78 is 54.7. The van der Waals surface area contributed by atoms with Crippen LogP contribution in [-0.2, 0) is 9.84 Å². The first kappa shape index (κ1) is 22.0. The standard InChI is InChI=1S/C21H24F2N2O4S/c22-21(23)29-15-5-7-16(8-6-15)30(27,28)17-10-13-25(14-11-17)19-4-2-1-3-18(19)20(26)9-12-24/h1-9,12,17,20-21,26H,10-11,13-14,24H2/b12-9+. The van der Waals surface area contributed by atoms with Crippen LogP contribution in [0.5, 0.6) is 5.75 Å². The first-order chi connectivity index (χ1) is 14.3. The summed E-state index contributed by atoms with van der Waals surface area (Å²) >= 11 is 0. The van der Waals surface area contributed by atoms with Crippen LogP contribution < -0.4 is 15.4 Å². The van der Waals surface area contributed by atoms with Gasteiger partial charge in [0.2, 0.25) is 0 Å². The molecular weight excluding hydrogens is 414 g/mol. The van der Waals surface area contributed by atoms with Crippen molar-refractivity contribution in [3.8, 4) is 5.75 Å². The largest absolute Gasteiger partial charge is 0.435 e. The van der Waals surface area contributed by atoms with E-state index < -0.39 is 27.8 Å². The van der Waals surface area contributed by atoms with E-state index in [-0.39, 0.29) is 10.6 Å². The Hall–Kier alpha value is -2.65. The molecule has 0 saturated carbocycles. The normalized spacial score (nSPS) is 16.9. The highest BCUT2D eigenvalue weighted by atomic mass is 32.2. The number of hydrogen-bond acceptors (Lipinski definition) is 6. The first-order valence-corrected chi connectivity index (χ1v) is 11.1. The van der Waals surface area contributed by atoms with E-state index in [4.69, 9.17) is 5.73 Å². The molecule has 9 heteroatoms. The van der Waals surface area contributed by atoms with Crippen LogP contribution in [-0.4, -0.2) is 38.5 Å². The van der Waals surface area contributed by atoms with Crippen LogP contribution in [0.15, 0.2) is 65.7 Å². The number of rotatable bonds is 7. The molecule has 0 amide bonds. The number of nitrogens with zero attached hydrogens (tertiary/aromatic N) is 1. The molecule has 2 aromatic rings. The Balaban J connectivity index is 1.71. The van der Waals surface area contributed by atoms with Gasteiger partial charge in [0.15, 0.2) is 9.84 Å². The lowest BCUT2D eigenvalue weighted by molar-refractivity contribution is -0.0498. The molecule has 2 aromatic carbocycles. The van der Waals surface area contributed by atoms with E-state index in [2.05, 4.69) is 9.64 Å². The average molecular weight is 438 g/mol. The zero-order chi connectivity index (χ0) is 21.7. The number of piperidine rings is 1. The molecule has 3 rings (SSSR count). The number of sulfone groups is 1. The minimum Gasteiger partial charge on any atom is -0.435 e. The maximum Gasteiger partial charge on any atom is 0.387 e. The van der Waals surface area contributed by atoms with Crippen molar-refractivity contribution in [2.75, 3.05) is 18.0 Å². The second kappa shape index (κ2) is 9.44. The third-order valence-electron chi connectivity index (χ3n) is 5.15. The Morgan fingerprint density at radius 2 is 1.73 bits per heavy atom. The lowest BCUT2D eigenvalue weighted by Crippen LogP contribution is -2.39. The second-order valence-electron chi connectivity index (χ2n) is 6.97. The van der Waals surface area contributed by atoms with Crippen molar-refractivity contribution < 1.29 is 27.0 Å². The van der Waals surface area contributed by atoms with Crippen LogP contribution in [0.3, 0.4) is 0 Å². The minimum absolute atomic E-state index is 0.0829. The van der Waals surface area contributed by atoms with Crippen molar-refractivity contribution >= 4 is 15.5 Å². The summed E-state index contributed by atoms with van der Waals surface area (Å²) in [6.45, 7) is -1.95. The number of benzene rings is 2. The lowest BCUT2D eigenvalue weighted by atomic mass is 10.0. The van der Waals surface area contributed by atoms with E-state index >= 15 is 0 Å². The highest BCUT2D eigenvalue weighted by Gasteiger charge is 2.32. The van der Waals surface area contributed by atoms with Gasteiger partial charge in [-0.25, -0.2) is 8.42 Å². The number of anilines is 1. The van der Waals surface area contributed by atoms with Crippen LogP contribution in [0.2, 0.25) is 0 Å². The Morgan fingerprint density at radius 3 is 2.33 bits per heavy atom. The smallest absolute Gasteiger partial charge is 0.387 e. The number of nitrogens with two attached hydrogens (primary N) is 1. The van der Waals surface area contributed by atoms with E-state index in [1.165, 1.54) is 36.5 Å². The third kappa shape index (κ3) is 4.91. The second-order valence-corrected chi connectivity index (χ2v) is 9.20. The summed E-state index contributed by atoms with van der Waals surface area (Å²) in [7, 11) is -3.59. The first-order valence-electron chi connectivity index (χ1n) is 9.52. The van der Waals surface area contributed by atoms with Gasteiger partial charge in [0.25, 0.3) is 0 Å². The maximum absolute atomic E-state index is 13.0. The number of halogens is 2. The number of hydrogen-bond donors (Lipinski definition) is 2. The van der Waals surface area contributed by atoms with Gasteiger partial charge in [-0.15, -0.1) is 0 Å². The van der Waals surface area contributed by atoms with Crippen LogP contribution in [0.25, 0.3) is 0 Å². The number of para-hydroxylation sites is 1. The van der Waals surface area contributed by atoms with Crippen LogP contribution in [0.4, 0.5) is 14.5 Å². The molecule has 0 spiro atoms. The van der Waals surface area contributed by atoms with Crippen molar-refractivity contribution in [3.63, 3.8) is 0 Å². The van der Waals surface area contributed by atoms with E-state index in [1.807, 2.05) is 24.3 Å². The monoisotopic (exact) mass is 438 g/mol. The Morgan fingerprint density at radius 1 is 1.10 bits per heavy atom. The summed E-state index contributed by atoms with van der Waals surface area (Å²) in [6, 6.07) is 12.4. The molecule has 1 aliphatic rings. The van der Waals surface area contributed by atoms with Crippen molar-refractivity contribution in [3.05, 3.63) is 66.4 Å². The molecule has 1 atom stereocenters. The fourth-order valence-electron chi connectivity index (χ4n) is 3.64. The zero-order valence-corrected chi connectivity index (χ0v) is 17.0. The number of aliphatic hydroxyl groups excluding tert-OH is 1. The highest BCUT2D eigenvalue weighted by Crippen LogP contribution is 2.32. The van der Waals surface area contributed by atoms with Gasteiger partial charge in [-0.2, -0.15) is 8.78 Å². The minimum atomic E-state index is -3.59. The molecule has 162 valence electrons. The number of ether oxygens (including phenoxy) is 1.